The van der Waals surface area contributed by atoms with Crippen LogP contribution in [0.1, 0.15) is 24.2 Å². The zero-order chi connectivity index (χ0) is 18.1. The third kappa shape index (κ3) is 3.51. The fourth-order valence-corrected chi connectivity index (χ4v) is 3.55. The lowest BCUT2D eigenvalue weighted by molar-refractivity contribution is -0.148. The molecule has 25 heavy (non-hydrogen) atoms. The average Bonchev–Trinajstić information content (AvgIpc) is 2.97. The number of aromatic nitrogens is 2. The molecule has 0 aromatic carbocycles. The number of carboxylic acids is 1. The average molecular weight is 344 g/mol. The molecule has 3 rings (SSSR count). The van der Waals surface area contributed by atoms with Crippen molar-refractivity contribution in [2.45, 2.75) is 32.4 Å². The van der Waals surface area contributed by atoms with Gasteiger partial charge in [-0.3, -0.25) is 14.5 Å². The van der Waals surface area contributed by atoms with Crippen LogP contribution in [0.25, 0.3) is 5.65 Å². The third-order valence-electron chi connectivity index (χ3n) is 4.87. The Hall–Kier alpha value is -2.41. The van der Waals surface area contributed by atoms with Gasteiger partial charge in [0.1, 0.15) is 11.7 Å². The first-order chi connectivity index (χ1) is 11.9. The van der Waals surface area contributed by atoms with Crippen LogP contribution in [0, 0.1) is 12.8 Å². The van der Waals surface area contributed by atoms with E-state index in [0.29, 0.717) is 25.9 Å². The summed E-state index contributed by atoms with van der Waals surface area (Å²) in [4.78, 5) is 32.0. The molecule has 1 fully saturated rings. The molecule has 2 unspecified atom stereocenters. The van der Waals surface area contributed by atoms with Crippen LogP contribution in [-0.4, -0.2) is 62.8 Å². The Morgan fingerprint density at radius 3 is 2.72 bits per heavy atom. The number of amides is 1. The second-order valence-corrected chi connectivity index (χ2v) is 6.92. The molecule has 3 heterocycles. The summed E-state index contributed by atoms with van der Waals surface area (Å²) in [6, 6.07) is 5.32. The zero-order valence-corrected chi connectivity index (χ0v) is 14.8. The predicted octanol–water partition coefficient (Wildman–Crippen LogP) is 1.40. The van der Waals surface area contributed by atoms with E-state index in [4.69, 9.17) is 0 Å². The second kappa shape index (κ2) is 6.84. The number of imidazole rings is 1. The number of likely N-dealkylation sites (tertiary alicyclic amines) is 1. The smallest absolute Gasteiger partial charge is 0.320 e. The molecule has 1 N–H and O–H groups in total. The van der Waals surface area contributed by atoms with Crippen molar-refractivity contribution < 1.29 is 14.7 Å². The summed E-state index contributed by atoms with van der Waals surface area (Å²) in [5, 5.41) is 9.54. The number of aliphatic carboxylic acids is 1. The van der Waals surface area contributed by atoms with Crippen molar-refractivity contribution in [3.63, 3.8) is 0 Å². The van der Waals surface area contributed by atoms with Gasteiger partial charge in [0, 0.05) is 39.1 Å². The molecule has 2 aromatic heterocycles. The highest BCUT2D eigenvalue weighted by atomic mass is 16.4. The number of carbonyl (C=O) groups is 2. The number of piperidine rings is 1. The molecule has 2 atom stereocenters. The number of fused-ring (bicyclic) bond motifs is 1. The van der Waals surface area contributed by atoms with Crippen molar-refractivity contribution in [3.8, 4) is 0 Å². The molecule has 0 saturated carbocycles. The van der Waals surface area contributed by atoms with Gasteiger partial charge in [0.05, 0.1) is 11.6 Å². The van der Waals surface area contributed by atoms with Gasteiger partial charge in [-0.15, -0.1) is 0 Å². The summed E-state index contributed by atoms with van der Waals surface area (Å²) >= 11 is 0. The normalized spacial score (nSPS) is 21.4. The Morgan fingerprint density at radius 1 is 1.32 bits per heavy atom. The summed E-state index contributed by atoms with van der Waals surface area (Å²) < 4.78 is 2.00. The van der Waals surface area contributed by atoms with E-state index in [1.54, 1.807) is 19.0 Å². The maximum atomic E-state index is 12.3. The first-order valence-electron chi connectivity index (χ1n) is 8.48. The fraction of sp³-hybridized carbons (Fsp3) is 0.500. The van der Waals surface area contributed by atoms with E-state index < -0.39 is 12.0 Å². The van der Waals surface area contributed by atoms with E-state index in [-0.39, 0.29) is 11.8 Å². The quantitative estimate of drug-likeness (QED) is 0.907. The summed E-state index contributed by atoms with van der Waals surface area (Å²) in [5.74, 6) is -0.945. The lowest BCUT2D eigenvalue weighted by Gasteiger charge is -2.37. The first-order valence-corrected chi connectivity index (χ1v) is 8.48. The van der Waals surface area contributed by atoms with Gasteiger partial charge in [0.15, 0.2) is 0 Å². The number of pyridine rings is 1. The first kappa shape index (κ1) is 17.4. The maximum absolute atomic E-state index is 12.3. The molecular weight excluding hydrogens is 320 g/mol. The molecule has 7 nitrogen and oxygen atoms in total. The zero-order valence-electron chi connectivity index (χ0n) is 14.8. The molecule has 1 saturated heterocycles. The van der Waals surface area contributed by atoms with Crippen LogP contribution < -0.4 is 0 Å². The second-order valence-electron chi connectivity index (χ2n) is 6.92. The molecule has 0 bridgehead atoms. The van der Waals surface area contributed by atoms with Gasteiger partial charge in [-0.2, -0.15) is 0 Å². The van der Waals surface area contributed by atoms with E-state index in [9.17, 15) is 14.7 Å². The monoisotopic (exact) mass is 344 g/mol. The van der Waals surface area contributed by atoms with Crippen LogP contribution in [0.2, 0.25) is 0 Å². The van der Waals surface area contributed by atoms with Crippen LogP contribution in [-0.2, 0) is 16.1 Å². The highest BCUT2D eigenvalue weighted by Crippen LogP contribution is 2.25. The Labute approximate surface area is 146 Å². The fourth-order valence-electron chi connectivity index (χ4n) is 3.55. The lowest BCUT2D eigenvalue weighted by atomic mass is 9.91. The van der Waals surface area contributed by atoms with E-state index >= 15 is 0 Å². The molecule has 0 radical (unpaired) electrons. The van der Waals surface area contributed by atoms with Crippen molar-refractivity contribution in [2.24, 2.45) is 5.92 Å². The predicted molar refractivity (Wildman–Crippen MR) is 93.2 cm³/mol. The van der Waals surface area contributed by atoms with Crippen LogP contribution >= 0.6 is 0 Å². The number of aryl methyl sites for hydroxylation is 1. The SMILES string of the molecule is Cc1cccc2nc(CN3CC(C(=O)N(C)C)CCC3C(=O)O)cn12. The van der Waals surface area contributed by atoms with Gasteiger partial charge in [-0.1, -0.05) is 6.07 Å². The van der Waals surface area contributed by atoms with Crippen LogP contribution in [0.5, 0.6) is 0 Å². The van der Waals surface area contributed by atoms with Crippen LogP contribution in [0.15, 0.2) is 24.4 Å². The molecule has 7 heteroatoms. The van der Waals surface area contributed by atoms with Crippen LogP contribution in [0.3, 0.4) is 0 Å². The molecule has 1 aliphatic heterocycles. The number of carboxylic acid groups (broad SMARTS) is 1. The lowest BCUT2D eigenvalue weighted by Crippen LogP contribution is -2.50. The molecule has 134 valence electrons. The number of hydrogen-bond donors (Lipinski definition) is 1. The Balaban J connectivity index is 1.83. The molecule has 2 aromatic rings. The maximum Gasteiger partial charge on any atom is 0.320 e. The van der Waals surface area contributed by atoms with Gasteiger partial charge >= 0.3 is 5.97 Å². The van der Waals surface area contributed by atoms with Gasteiger partial charge in [-0.05, 0) is 31.9 Å². The van der Waals surface area contributed by atoms with Gasteiger partial charge < -0.3 is 14.4 Å². The van der Waals surface area contributed by atoms with Crippen molar-refractivity contribution in [2.75, 3.05) is 20.6 Å². The number of hydrogen-bond acceptors (Lipinski definition) is 4. The summed E-state index contributed by atoms with van der Waals surface area (Å²) in [6.45, 7) is 2.88. The minimum absolute atomic E-state index is 0.0553. The molecule has 0 spiro atoms. The standard InChI is InChI=1S/C18H24N4O3/c1-12-5-4-6-16-19-14(11-22(12)16)10-21-9-13(17(23)20(2)3)7-8-15(21)18(24)25/h4-6,11,13,15H,7-10H2,1-3H3,(H,24,25). The van der Waals surface area contributed by atoms with E-state index in [2.05, 4.69) is 4.98 Å². The van der Waals surface area contributed by atoms with Crippen molar-refractivity contribution in [1.29, 1.82) is 0 Å². The summed E-state index contributed by atoms with van der Waals surface area (Å²) in [6.07, 6.45) is 3.03. The summed E-state index contributed by atoms with van der Waals surface area (Å²) in [5.41, 5.74) is 2.74. The topological polar surface area (TPSA) is 78.2 Å². The Bertz CT molecular complexity index is 799. The number of rotatable bonds is 4. The van der Waals surface area contributed by atoms with Gasteiger partial charge in [-0.25, -0.2) is 4.98 Å². The minimum atomic E-state index is -0.837. The van der Waals surface area contributed by atoms with Crippen LogP contribution in [0.4, 0.5) is 0 Å². The van der Waals surface area contributed by atoms with Crippen molar-refractivity contribution >= 4 is 17.5 Å². The highest BCUT2D eigenvalue weighted by Gasteiger charge is 2.36. The van der Waals surface area contributed by atoms with E-state index in [1.165, 1.54) is 0 Å². The van der Waals surface area contributed by atoms with Gasteiger partial charge in [0.25, 0.3) is 0 Å². The molecule has 1 amide bonds. The Morgan fingerprint density at radius 2 is 2.08 bits per heavy atom. The molecule has 1 aliphatic rings. The van der Waals surface area contributed by atoms with E-state index in [0.717, 1.165) is 17.0 Å². The highest BCUT2D eigenvalue weighted by molar-refractivity contribution is 5.79. The number of carbonyl (C=O) groups excluding carboxylic acids is 1. The van der Waals surface area contributed by atoms with Gasteiger partial charge in [0.2, 0.25) is 5.91 Å². The molecular formula is C18H24N4O3. The third-order valence-corrected chi connectivity index (χ3v) is 4.87. The van der Waals surface area contributed by atoms with Crippen molar-refractivity contribution in [1.82, 2.24) is 19.2 Å². The largest absolute Gasteiger partial charge is 0.480 e. The summed E-state index contributed by atoms with van der Waals surface area (Å²) in [7, 11) is 3.47. The molecule has 0 aliphatic carbocycles. The number of nitrogens with zero attached hydrogens (tertiary/aromatic N) is 4. The van der Waals surface area contributed by atoms with Crippen molar-refractivity contribution in [3.05, 3.63) is 35.8 Å². The van der Waals surface area contributed by atoms with E-state index in [1.807, 2.05) is 40.6 Å². The Kier molecular flexibility index (Phi) is 4.76. The minimum Gasteiger partial charge on any atom is -0.480 e.